The average Bonchev–Trinajstić information content (AvgIpc) is 2.29. The molecule has 0 atom stereocenters. The van der Waals surface area contributed by atoms with Gasteiger partial charge in [-0.15, -0.1) is 0 Å². The maximum Gasteiger partial charge on any atom is 0.273 e. The van der Waals surface area contributed by atoms with Gasteiger partial charge in [-0.2, -0.15) is 0 Å². The lowest BCUT2D eigenvalue weighted by molar-refractivity contribution is 0.0623. The van der Waals surface area contributed by atoms with E-state index in [-0.39, 0.29) is 5.91 Å². The van der Waals surface area contributed by atoms with E-state index >= 15 is 0 Å². The molecule has 0 N–H and O–H groups in total. The summed E-state index contributed by atoms with van der Waals surface area (Å²) in [6.45, 7) is 6.17. The van der Waals surface area contributed by atoms with Gasteiger partial charge in [-0.3, -0.25) is 4.79 Å². The van der Waals surface area contributed by atoms with E-state index in [0.29, 0.717) is 11.1 Å². The van der Waals surface area contributed by atoms with E-state index in [0.717, 1.165) is 30.4 Å². The van der Waals surface area contributed by atoms with Crippen LogP contribution in [0.5, 0.6) is 0 Å². The molecule has 1 aromatic rings. The van der Waals surface area contributed by atoms with Crippen LogP contribution < -0.4 is 0 Å². The van der Waals surface area contributed by atoms with Crippen molar-refractivity contribution < 1.29 is 4.79 Å². The van der Waals surface area contributed by atoms with Crippen LogP contribution in [0.1, 0.15) is 37.2 Å². The lowest BCUT2D eigenvalue weighted by atomic mass is 9.82. The summed E-state index contributed by atoms with van der Waals surface area (Å²) in [5.74, 6) is 0.0352. The summed E-state index contributed by atoms with van der Waals surface area (Å²) in [7, 11) is 0. The van der Waals surface area contributed by atoms with E-state index in [1.165, 1.54) is 0 Å². The van der Waals surface area contributed by atoms with Gasteiger partial charge in [0.05, 0.1) is 0 Å². The molecule has 1 aromatic heterocycles. The predicted molar refractivity (Wildman–Crippen MR) is 70.9 cm³/mol. The number of pyridine rings is 1. The van der Waals surface area contributed by atoms with Crippen LogP contribution in [0.25, 0.3) is 0 Å². The number of rotatable bonds is 1. The van der Waals surface area contributed by atoms with Gasteiger partial charge >= 0.3 is 0 Å². The van der Waals surface area contributed by atoms with E-state index in [2.05, 4.69) is 34.8 Å². The maximum atomic E-state index is 12.3. The topological polar surface area (TPSA) is 33.2 Å². The Morgan fingerprint density at radius 3 is 2.65 bits per heavy atom. The third-order valence-electron chi connectivity index (χ3n) is 3.37. The quantitative estimate of drug-likeness (QED) is 0.798. The first-order valence-electron chi connectivity index (χ1n) is 5.89. The Morgan fingerprint density at radius 2 is 2.06 bits per heavy atom. The molecule has 92 valence electrons. The SMILES string of the molecule is CC1(C)CCN(C(=O)c2ncccc2Br)CC1. The fraction of sp³-hybridized carbons (Fsp3) is 0.538. The number of nitrogens with zero attached hydrogens (tertiary/aromatic N) is 2. The number of hydrogen-bond acceptors (Lipinski definition) is 2. The zero-order valence-electron chi connectivity index (χ0n) is 10.2. The van der Waals surface area contributed by atoms with Crippen molar-refractivity contribution in [3.8, 4) is 0 Å². The summed E-state index contributed by atoms with van der Waals surface area (Å²) in [5, 5.41) is 0. The van der Waals surface area contributed by atoms with Crippen LogP contribution >= 0.6 is 15.9 Å². The molecule has 0 unspecified atom stereocenters. The van der Waals surface area contributed by atoms with Gasteiger partial charge in [0.1, 0.15) is 5.69 Å². The Balaban J connectivity index is 2.10. The van der Waals surface area contributed by atoms with Crippen LogP contribution in [-0.2, 0) is 0 Å². The number of carbonyl (C=O) groups excluding carboxylic acids is 1. The Bertz CT molecular complexity index is 421. The van der Waals surface area contributed by atoms with Crippen molar-refractivity contribution in [3.05, 3.63) is 28.5 Å². The minimum absolute atomic E-state index is 0.0352. The minimum Gasteiger partial charge on any atom is -0.337 e. The predicted octanol–water partition coefficient (Wildman–Crippen LogP) is 3.11. The first kappa shape index (κ1) is 12.6. The van der Waals surface area contributed by atoms with E-state index in [4.69, 9.17) is 0 Å². The number of amides is 1. The van der Waals surface area contributed by atoms with Crippen molar-refractivity contribution in [2.24, 2.45) is 5.41 Å². The summed E-state index contributed by atoms with van der Waals surface area (Å²) < 4.78 is 0.773. The van der Waals surface area contributed by atoms with Crippen LogP contribution in [0.15, 0.2) is 22.8 Å². The highest BCUT2D eigenvalue weighted by Crippen LogP contribution is 2.30. The van der Waals surface area contributed by atoms with Crippen molar-refractivity contribution in [2.75, 3.05) is 13.1 Å². The largest absolute Gasteiger partial charge is 0.337 e. The Morgan fingerprint density at radius 1 is 1.41 bits per heavy atom. The van der Waals surface area contributed by atoms with Gasteiger partial charge < -0.3 is 4.90 Å². The smallest absolute Gasteiger partial charge is 0.273 e. The number of piperidine rings is 1. The van der Waals surface area contributed by atoms with Crippen LogP contribution in [0, 0.1) is 5.41 Å². The van der Waals surface area contributed by atoms with Crippen LogP contribution in [0.3, 0.4) is 0 Å². The number of aromatic nitrogens is 1. The second-order valence-corrected chi connectivity index (χ2v) is 6.14. The van der Waals surface area contributed by atoms with Crippen molar-refractivity contribution in [1.29, 1.82) is 0 Å². The average molecular weight is 297 g/mol. The molecule has 0 saturated carbocycles. The maximum absolute atomic E-state index is 12.3. The molecule has 0 spiro atoms. The van der Waals surface area contributed by atoms with Crippen molar-refractivity contribution >= 4 is 21.8 Å². The molecular formula is C13H17BrN2O. The van der Waals surface area contributed by atoms with E-state index < -0.39 is 0 Å². The van der Waals surface area contributed by atoms with E-state index in [1.54, 1.807) is 6.20 Å². The molecule has 0 radical (unpaired) electrons. The first-order chi connectivity index (χ1) is 7.99. The number of carbonyl (C=O) groups is 1. The van der Waals surface area contributed by atoms with Gasteiger partial charge in [0.25, 0.3) is 5.91 Å². The number of likely N-dealkylation sites (tertiary alicyclic amines) is 1. The van der Waals surface area contributed by atoms with Gasteiger partial charge in [-0.05, 0) is 46.3 Å². The standard InChI is InChI=1S/C13H17BrN2O/c1-13(2)5-8-16(9-6-13)12(17)11-10(14)4-3-7-15-11/h3-4,7H,5-6,8-9H2,1-2H3. The molecule has 4 heteroatoms. The fourth-order valence-electron chi connectivity index (χ4n) is 2.01. The van der Waals surface area contributed by atoms with Gasteiger partial charge in [-0.25, -0.2) is 4.98 Å². The molecule has 2 rings (SSSR count). The molecule has 17 heavy (non-hydrogen) atoms. The second kappa shape index (κ2) is 4.77. The van der Waals surface area contributed by atoms with E-state index in [1.807, 2.05) is 17.0 Å². The molecule has 1 fully saturated rings. The summed E-state index contributed by atoms with van der Waals surface area (Å²) >= 11 is 3.38. The molecule has 0 aliphatic carbocycles. The number of hydrogen-bond donors (Lipinski definition) is 0. The highest BCUT2D eigenvalue weighted by molar-refractivity contribution is 9.10. The molecule has 3 nitrogen and oxygen atoms in total. The molecular weight excluding hydrogens is 280 g/mol. The summed E-state index contributed by atoms with van der Waals surface area (Å²) in [6.07, 6.45) is 3.78. The Labute approximate surface area is 110 Å². The molecule has 2 heterocycles. The molecule has 0 bridgehead atoms. The van der Waals surface area contributed by atoms with Gasteiger partial charge in [0.2, 0.25) is 0 Å². The number of halogens is 1. The fourth-order valence-corrected chi connectivity index (χ4v) is 2.43. The van der Waals surface area contributed by atoms with Crippen molar-refractivity contribution in [1.82, 2.24) is 9.88 Å². The molecule has 0 aromatic carbocycles. The minimum atomic E-state index is 0.0352. The lowest BCUT2D eigenvalue weighted by Crippen LogP contribution is -2.41. The van der Waals surface area contributed by atoms with E-state index in [9.17, 15) is 4.79 Å². The van der Waals surface area contributed by atoms with Gasteiger partial charge in [-0.1, -0.05) is 13.8 Å². The highest BCUT2D eigenvalue weighted by Gasteiger charge is 2.29. The molecule has 1 saturated heterocycles. The molecule has 1 aliphatic rings. The second-order valence-electron chi connectivity index (χ2n) is 5.29. The third kappa shape index (κ3) is 2.86. The molecule has 1 aliphatic heterocycles. The van der Waals surface area contributed by atoms with Crippen molar-refractivity contribution in [3.63, 3.8) is 0 Å². The summed E-state index contributed by atoms with van der Waals surface area (Å²) in [4.78, 5) is 18.3. The van der Waals surface area contributed by atoms with Gasteiger partial charge in [0.15, 0.2) is 0 Å². The molecule has 1 amide bonds. The summed E-state index contributed by atoms with van der Waals surface area (Å²) in [5.41, 5.74) is 0.880. The summed E-state index contributed by atoms with van der Waals surface area (Å²) in [6, 6.07) is 3.67. The van der Waals surface area contributed by atoms with Crippen LogP contribution in [0.2, 0.25) is 0 Å². The van der Waals surface area contributed by atoms with Gasteiger partial charge in [0, 0.05) is 23.8 Å². The zero-order valence-corrected chi connectivity index (χ0v) is 11.8. The van der Waals surface area contributed by atoms with Crippen molar-refractivity contribution in [2.45, 2.75) is 26.7 Å². The highest BCUT2D eigenvalue weighted by atomic mass is 79.9. The third-order valence-corrected chi connectivity index (χ3v) is 4.01. The first-order valence-corrected chi connectivity index (χ1v) is 6.69. The lowest BCUT2D eigenvalue weighted by Gasteiger charge is -2.36. The van der Waals surface area contributed by atoms with Crippen LogP contribution in [-0.4, -0.2) is 28.9 Å². The Kier molecular flexibility index (Phi) is 3.52. The monoisotopic (exact) mass is 296 g/mol. The Hall–Kier alpha value is -0.900. The normalized spacial score (nSPS) is 19.1. The van der Waals surface area contributed by atoms with Crippen LogP contribution in [0.4, 0.5) is 0 Å². The zero-order chi connectivity index (χ0) is 12.5.